The van der Waals surface area contributed by atoms with Crippen molar-refractivity contribution in [2.45, 2.75) is 31.8 Å². The van der Waals surface area contributed by atoms with Gasteiger partial charge in [0.05, 0.1) is 11.3 Å². The molecule has 0 bridgehead atoms. The first-order chi connectivity index (χ1) is 13.6. The van der Waals surface area contributed by atoms with E-state index in [1.165, 1.54) is 22.9 Å². The Hall–Kier alpha value is -2.73. The first-order valence-electron chi connectivity index (χ1n) is 9.30. The van der Waals surface area contributed by atoms with Crippen molar-refractivity contribution in [3.8, 4) is 11.5 Å². The summed E-state index contributed by atoms with van der Waals surface area (Å²) in [5, 5.41) is 5.03. The van der Waals surface area contributed by atoms with Crippen LogP contribution in [0.25, 0.3) is 10.9 Å². The number of aromatic nitrogens is 1. The molecule has 4 rings (SSSR count). The van der Waals surface area contributed by atoms with Crippen LogP contribution in [0.5, 0.6) is 11.5 Å². The Morgan fingerprint density at radius 1 is 1.14 bits per heavy atom. The Morgan fingerprint density at radius 3 is 2.86 bits per heavy atom. The highest BCUT2D eigenvalue weighted by Gasteiger charge is 2.14. The van der Waals surface area contributed by atoms with Gasteiger partial charge in [-0.2, -0.15) is 0 Å². The lowest BCUT2D eigenvalue weighted by molar-refractivity contribution is -0.118. The number of thioether (sulfide) groups is 1. The topological polar surface area (TPSA) is 60.5 Å². The second-order valence-electron chi connectivity index (χ2n) is 6.76. The molecule has 0 spiro atoms. The summed E-state index contributed by atoms with van der Waals surface area (Å²) < 4.78 is 10.7. The number of carbonyl (C=O) groups is 1. The van der Waals surface area contributed by atoms with E-state index in [1.54, 1.807) is 0 Å². The second-order valence-corrected chi connectivity index (χ2v) is 7.72. The Labute approximate surface area is 168 Å². The van der Waals surface area contributed by atoms with Crippen molar-refractivity contribution in [1.29, 1.82) is 0 Å². The molecule has 28 heavy (non-hydrogen) atoms. The van der Waals surface area contributed by atoms with E-state index in [1.807, 2.05) is 18.2 Å². The molecule has 0 unspecified atom stereocenters. The number of amides is 1. The summed E-state index contributed by atoms with van der Waals surface area (Å²) in [5.74, 6) is 1.79. The number of hydrogen-bond donors (Lipinski definition) is 1. The summed E-state index contributed by atoms with van der Waals surface area (Å²) in [7, 11) is 0. The summed E-state index contributed by atoms with van der Waals surface area (Å²) in [6, 6.07) is 14.2. The second kappa shape index (κ2) is 8.10. The van der Waals surface area contributed by atoms with Gasteiger partial charge in [0.1, 0.15) is 5.03 Å². The van der Waals surface area contributed by atoms with Crippen LogP contribution in [0.4, 0.5) is 0 Å². The van der Waals surface area contributed by atoms with Crippen LogP contribution in [0, 0.1) is 6.92 Å². The third kappa shape index (κ3) is 4.07. The van der Waals surface area contributed by atoms with Crippen molar-refractivity contribution < 1.29 is 14.3 Å². The molecule has 144 valence electrons. The van der Waals surface area contributed by atoms with Gasteiger partial charge in [-0.15, -0.1) is 0 Å². The minimum absolute atomic E-state index is 0.0177. The van der Waals surface area contributed by atoms with Crippen LogP contribution in [-0.2, 0) is 17.8 Å². The standard InChI is InChI=1S/C22H22N2O3S/c1-3-16-10-17-6-4-14(2)8-18(17)24-22(16)28-12-21(25)23-11-15-5-7-19-20(9-15)27-13-26-19/h4-10H,3,11-13H2,1-2H3,(H,23,25). The SMILES string of the molecule is CCc1cc2ccc(C)cc2nc1SCC(=O)NCc1ccc2c(c1)OCO2. The Morgan fingerprint density at radius 2 is 2.00 bits per heavy atom. The van der Waals surface area contributed by atoms with E-state index >= 15 is 0 Å². The van der Waals surface area contributed by atoms with Gasteiger partial charge in [0.25, 0.3) is 0 Å². The van der Waals surface area contributed by atoms with E-state index in [0.717, 1.165) is 39.4 Å². The van der Waals surface area contributed by atoms with Gasteiger partial charge >= 0.3 is 0 Å². The van der Waals surface area contributed by atoms with Crippen LogP contribution < -0.4 is 14.8 Å². The lowest BCUT2D eigenvalue weighted by atomic mass is 10.1. The van der Waals surface area contributed by atoms with Gasteiger partial charge in [0, 0.05) is 11.9 Å². The first-order valence-corrected chi connectivity index (χ1v) is 10.3. The number of nitrogens with one attached hydrogen (secondary N) is 1. The average Bonchev–Trinajstić information content (AvgIpc) is 3.17. The number of rotatable bonds is 6. The molecule has 3 aromatic rings. The van der Waals surface area contributed by atoms with Crippen LogP contribution in [0.1, 0.15) is 23.6 Å². The zero-order valence-corrected chi connectivity index (χ0v) is 16.8. The number of fused-ring (bicyclic) bond motifs is 2. The summed E-state index contributed by atoms with van der Waals surface area (Å²) in [6.07, 6.45) is 0.887. The lowest BCUT2D eigenvalue weighted by Gasteiger charge is -2.10. The summed E-state index contributed by atoms with van der Waals surface area (Å²) in [6.45, 7) is 4.88. The molecule has 0 fully saturated rings. The van der Waals surface area contributed by atoms with Gasteiger partial charge in [0.2, 0.25) is 12.7 Å². The molecule has 0 atom stereocenters. The van der Waals surface area contributed by atoms with E-state index < -0.39 is 0 Å². The minimum atomic E-state index is -0.0177. The van der Waals surface area contributed by atoms with Gasteiger partial charge in [0.15, 0.2) is 11.5 Å². The minimum Gasteiger partial charge on any atom is -0.454 e. The van der Waals surface area contributed by atoms with Crippen molar-refractivity contribution in [2.75, 3.05) is 12.5 Å². The molecule has 2 aromatic carbocycles. The smallest absolute Gasteiger partial charge is 0.231 e. The van der Waals surface area contributed by atoms with Gasteiger partial charge in [-0.05, 0) is 54.3 Å². The number of benzene rings is 2. The van der Waals surface area contributed by atoms with Crippen LogP contribution in [0.15, 0.2) is 47.5 Å². The molecule has 0 radical (unpaired) electrons. The quantitative estimate of drug-likeness (QED) is 0.634. The number of hydrogen-bond acceptors (Lipinski definition) is 5. The molecule has 6 heteroatoms. The summed E-state index contributed by atoms with van der Waals surface area (Å²) >= 11 is 1.49. The maximum absolute atomic E-state index is 12.3. The van der Waals surface area contributed by atoms with Gasteiger partial charge in [-0.25, -0.2) is 4.98 Å². The number of carbonyl (C=O) groups excluding carboxylic acids is 1. The highest BCUT2D eigenvalue weighted by atomic mass is 32.2. The Kier molecular flexibility index (Phi) is 5.39. The average molecular weight is 394 g/mol. The Bertz CT molecular complexity index is 1040. The molecule has 1 N–H and O–H groups in total. The van der Waals surface area contributed by atoms with Crippen LogP contribution in [0.2, 0.25) is 0 Å². The van der Waals surface area contributed by atoms with Crippen LogP contribution >= 0.6 is 11.8 Å². The molecule has 1 aliphatic rings. The molecule has 2 heterocycles. The third-order valence-electron chi connectivity index (χ3n) is 4.66. The van der Waals surface area contributed by atoms with Crippen molar-refractivity contribution >= 4 is 28.6 Å². The summed E-state index contributed by atoms with van der Waals surface area (Å²) in [5.41, 5.74) is 4.31. The van der Waals surface area contributed by atoms with E-state index in [-0.39, 0.29) is 12.7 Å². The lowest BCUT2D eigenvalue weighted by Crippen LogP contribution is -2.24. The molecule has 0 saturated heterocycles. The molecule has 5 nitrogen and oxygen atoms in total. The fourth-order valence-electron chi connectivity index (χ4n) is 3.12. The van der Waals surface area contributed by atoms with Crippen molar-refractivity contribution in [3.63, 3.8) is 0 Å². The third-order valence-corrected chi connectivity index (χ3v) is 5.69. The van der Waals surface area contributed by atoms with Gasteiger partial charge in [-0.3, -0.25) is 4.79 Å². The van der Waals surface area contributed by atoms with Crippen molar-refractivity contribution in [1.82, 2.24) is 10.3 Å². The normalized spacial score (nSPS) is 12.4. The molecular weight excluding hydrogens is 372 g/mol. The predicted octanol–water partition coefficient (Wildman–Crippen LogP) is 4.24. The molecule has 1 aromatic heterocycles. The molecular formula is C22H22N2O3S. The fourth-order valence-corrected chi connectivity index (χ4v) is 4.04. The van der Waals surface area contributed by atoms with E-state index in [9.17, 15) is 4.79 Å². The maximum atomic E-state index is 12.3. The molecule has 1 amide bonds. The summed E-state index contributed by atoms with van der Waals surface area (Å²) in [4.78, 5) is 17.1. The molecule has 0 saturated carbocycles. The predicted molar refractivity (Wildman–Crippen MR) is 111 cm³/mol. The van der Waals surface area contributed by atoms with Crippen LogP contribution in [-0.4, -0.2) is 23.4 Å². The van der Waals surface area contributed by atoms with Crippen LogP contribution in [0.3, 0.4) is 0 Å². The molecule has 0 aliphatic carbocycles. The van der Waals surface area contributed by atoms with E-state index in [0.29, 0.717) is 12.3 Å². The van der Waals surface area contributed by atoms with Gasteiger partial charge < -0.3 is 14.8 Å². The number of pyridine rings is 1. The van der Waals surface area contributed by atoms with E-state index in [2.05, 4.69) is 43.4 Å². The zero-order valence-electron chi connectivity index (χ0n) is 16.0. The van der Waals surface area contributed by atoms with Gasteiger partial charge in [-0.1, -0.05) is 36.9 Å². The first kappa shape index (κ1) is 18.6. The fraction of sp³-hybridized carbons (Fsp3) is 0.273. The van der Waals surface area contributed by atoms with Crippen molar-refractivity contribution in [2.24, 2.45) is 0 Å². The maximum Gasteiger partial charge on any atom is 0.231 e. The highest BCUT2D eigenvalue weighted by Crippen LogP contribution is 2.32. The largest absolute Gasteiger partial charge is 0.454 e. The number of aryl methyl sites for hydroxylation is 2. The highest BCUT2D eigenvalue weighted by molar-refractivity contribution is 7.99. The van der Waals surface area contributed by atoms with E-state index in [4.69, 9.17) is 14.5 Å². The molecule has 1 aliphatic heterocycles. The van der Waals surface area contributed by atoms with Crippen molar-refractivity contribution in [3.05, 3.63) is 59.2 Å². The Balaban J connectivity index is 1.39. The number of ether oxygens (including phenoxy) is 2. The zero-order chi connectivity index (χ0) is 19.5. The monoisotopic (exact) mass is 394 g/mol. The number of nitrogens with zero attached hydrogens (tertiary/aromatic N) is 1.